The molecule has 0 aliphatic heterocycles. The van der Waals surface area contributed by atoms with Crippen LogP contribution in [0.4, 0.5) is 0 Å². The fourth-order valence-corrected chi connectivity index (χ4v) is 3.11. The van der Waals surface area contributed by atoms with Crippen LogP contribution in [0.5, 0.6) is 0 Å². The minimum Gasteiger partial charge on any atom is -0.352 e. The lowest BCUT2D eigenvalue weighted by Crippen LogP contribution is -2.41. The third-order valence-corrected chi connectivity index (χ3v) is 4.45. The van der Waals surface area contributed by atoms with Crippen LogP contribution in [0.3, 0.4) is 0 Å². The van der Waals surface area contributed by atoms with Crippen LogP contribution in [0.1, 0.15) is 38.2 Å². The van der Waals surface area contributed by atoms with Crippen molar-refractivity contribution in [3.63, 3.8) is 0 Å². The topological polar surface area (TPSA) is 45.5 Å². The molecule has 1 N–H and O–H groups in total. The van der Waals surface area contributed by atoms with E-state index in [4.69, 9.17) is 0 Å². The van der Waals surface area contributed by atoms with E-state index in [-0.39, 0.29) is 0 Å². The van der Waals surface area contributed by atoms with E-state index in [0.29, 0.717) is 0 Å². The number of aryl methyl sites for hydroxylation is 1. The first-order chi connectivity index (χ1) is 10.1. The number of rotatable bonds is 4. The molecule has 0 atom stereocenters. The summed E-state index contributed by atoms with van der Waals surface area (Å²) in [6.07, 6.45) is 9.38. The molecule has 0 aromatic carbocycles. The standard InChI is InChI=1S/C16H29N5/c1-13-5-7-14(8-6-13)11-20(3)16(17-2)18-9-15-10-19-21(4)12-15/h10,12-14H,5-9,11H2,1-4H3,(H,17,18). The molecular weight excluding hydrogens is 262 g/mol. The first-order valence-electron chi connectivity index (χ1n) is 7.97. The van der Waals surface area contributed by atoms with E-state index in [1.54, 1.807) is 0 Å². The Morgan fingerprint density at radius 1 is 1.43 bits per heavy atom. The minimum atomic E-state index is 0.770. The average Bonchev–Trinajstić information content (AvgIpc) is 2.88. The first-order valence-corrected chi connectivity index (χ1v) is 7.97. The summed E-state index contributed by atoms with van der Waals surface area (Å²) in [7, 11) is 5.93. The Hall–Kier alpha value is -1.52. The van der Waals surface area contributed by atoms with E-state index < -0.39 is 0 Å². The van der Waals surface area contributed by atoms with Crippen molar-refractivity contribution in [1.82, 2.24) is 20.0 Å². The molecule has 1 fully saturated rings. The van der Waals surface area contributed by atoms with Crippen molar-refractivity contribution < 1.29 is 0 Å². The van der Waals surface area contributed by atoms with Gasteiger partial charge in [-0.3, -0.25) is 9.67 Å². The highest BCUT2D eigenvalue weighted by Gasteiger charge is 2.20. The molecule has 1 aromatic heterocycles. The van der Waals surface area contributed by atoms with Gasteiger partial charge < -0.3 is 10.2 Å². The highest BCUT2D eigenvalue weighted by Crippen LogP contribution is 2.28. The second-order valence-electron chi connectivity index (χ2n) is 6.43. The van der Waals surface area contributed by atoms with Gasteiger partial charge in [0.25, 0.3) is 0 Å². The molecule has 118 valence electrons. The summed E-state index contributed by atoms with van der Waals surface area (Å²) in [6, 6.07) is 0. The van der Waals surface area contributed by atoms with Crippen molar-refractivity contribution in [2.24, 2.45) is 23.9 Å². The van der Waals surface area contributed by atoms with Gasteiger partial charge in [-0.1, -0.05) is 19.8 Å². The number of aromatic nitrogens is 2. The van der Waals surface area contributed by atoms with Crippen molar-refractivity contribution in [3.05, 3.63) is 18.0 Å². The number of hydrogen-bond acceptors (Lipinski definition) is 2. The van der Waals surface area contributed by atoms with E-state index in [0.717, 1.165) is 30.9 Å². The Kier molecular flexibility index (Phi) is 5.65. The third-order valence-electron chi connectivity index (χ3n) is 4.45. The molecule has 2 rings (SSSR count). The molecule has 0 radical (unpaired) electrons. The number of hydrogen-bond donors (Lipinski definition) is 1. The lowest BCUT2D eigenvalue weighted by atomic mass is 9.83. The largest absolute Gasteiger partial charge is 0.352 e. The fraction of sp³-hybridized carbons (Fsp3) is 0.750. The second-order valence-corrected chi connectivity index (χ2v) is 6.43. The summed E-state index contributed by atoms with van der Waals surface area (Å²) < 4.78 is 1.83. The van der Waals surface area contributed by atoms with Gasteiger partial charge in [0, 0.05) is 46.0 Å². The molecule has 0 spiro atoms. The summed E-state index contributed by atoms with van der Waals surface area (Å²) in [5, 5.41) is 7.61. The number of nitrogens with one attached hydrogen (secondary N) is 1. The Morgan fingerprint density at radius 2 is 2.14 bits per heavy atom. The van der Waals surface area contributed by atoms with Gasteiger partial charge in [0.05, 0.1) is 6.20 Å². The molecule has 1 aromatic rings. The van der Waals surface area contributed by atoms with Crippen LogP contribution in [0.25, 0.3) is 0 Å². The maximum Gasteiger partial charge on any atom is 0.193 e. The molecule has 5 nitrogen and oxygen atoms in total. The maximum atomic E-state index is 4.39. The molecule has 1 heterocycles. The van der Waals surface area contributed by atoms with Gasteiger partial charge in [-0.25, -0.2) is 0 Å². The molecule has 1 aliphatic rings. The summed E-state index contributed by atoms with van der Waals surface area (Å²) in [5.74, 6) is 2.69. The van der Waals surface area contributed by atoms with Gasteiger partial charge in [0.2, 0.25) is 0 Å². The first kappa shape index (κ1) is 15.9. The SMILES string of the molecule is CN=C(NCc1cnn(C)c1)N(C)CC1CCC(C)CC1. The quantitative estimate of drug-likeness (QED) is 0.683. The summed E-state index contributed by atoms with van der Waals surface area (Å²) >= 11 is 0. The third kappa shape index (κ3) is 4.76. The highest BCUT2D eigenvalue weighted by molar-refractivity contribution is 5.79. The lowest BCUT2D eigenvalue weighted by molar-refractivity contribution is 0.250. The Morgan fingerprint density at radius 3 is 2.71 bits per heavy atom. The van der Waals surface area contributed by atoms with Crippen molar-refractivity contribution in [3.8, 4) is 0 Å². The summed E-state index contributed by atoms with van der Waals surface area (Å²) in [6.45, 7) is 4.24. The molecule has 0 bridgehead atoms. The van der Waals surface area contributed by atoms with Crippen LogP contribution in [0.2, 0.25) is 0 Å². The van der Waals surface area contributed by atoms with Gasteiger partial charge in [0.1, 0.15) is 0 Å². The van der Waals surface area contributed by atoms with Crippen LogP contribution in [-0.2, 0) is 13.6 Å². The van der Waals surface area contributed by atoms with Gasteiger partial charge in [-0.2, -0.15) is 5.10 Å². The molecule has 5 heteroatoms. The van der Waals surface area contributed by atoms with Crippen LogP contribution < -0.4 is 5.32 Å². The van der Waals surface area contributed by atoms with Crippen molar-refractivity contribution in [2.45, 2.75) is 39.2 Å². The molecule has 1 saturated carbocycles. The predicted octanol–water partition coefficient (Wildman–Crippen LogP) is 2.25. The zero-order valence-electron chi connectivity index (χ0n) is 13.8. The highest BCUT2D eigenvalue weighted by atomic mass is 15.3. The van der Waals surface area contributed by atoms with Crippen molar-refractivity contribution in [1.29, 1.82) is 0 Å². The van der Waals surface area contributed by atoms with Crippen LogP contribution >= 0.6 is 0 Å². The number of aliphatic imine (C=N–C) groups is 1. The van der Waals surface area contributed by atoms with E-state index in [9.17, 15) is 0 Å². The number of guanidine groups is 1. The molecule has 0 amide bonds. The Balaban J connectivity index is 1.80. The second kappa shape index (κ2) is 7.48. The molecule has 1 aliphatic carbocycles. The molecular formula is C16H29N5. The van der Waals surface area contributed by atoms with E-state index in [1.807, 2.05) is 31.2 Å². The Labute approximate surface area is 128 Å². The predicted molar refractivity (Wildman–Crippen MR) is 87.2 cm³/mol. The van der Waals surface area contributed by atoms with Gasteiger partial charge in [-0.05, 0) is 24.7 Å². The zero-order valence-corrected chi connectivity index (χ0v) is 13.8. The molecule has 21 heavy (non-hydrogen) atoms. The average molecular weight is 291 g/mol. The van der Waals surface area contributed by atoms with Crippen molar-refractivity contribution in [2.75, 3.05) is 20.6 Å². The van der Waals surface area contributed by atoms with Gasteiger partial charge in [0.15, 0.2) is 5.96 Å². The molecule has 0 saturated heterocycles. The van der Waals surface area contributed by atoms with Crippen LogP contribution in [0, 0.1) is 11.8 Å². The van der Waals surface area contributed by atoms with E-state index in [1.165, 1.54) is 31.2 Å². The fourth-order valence-electron chi connectivity index (χ4n) is 3.11. The zero-order chi connectivity index (χ0) is 15.2. The summed E-state index contributed by atoms with van der Waals surface area (Å²) in [4.78, 5) is 6.66. The summed E-state index contributed by atoms with van der Waals surface area (Å²) in [5.41, 5.74) is 1.18. The monoisotopic (exact) mass is 291 g/mol. The van der Waals surface area contributed by atoms with Crippen LogP contribution in [0.15, 0.2) is 17.4 Å². The molecule has 0 unspecified atom stereocenters. The minimum absolute atomic E-state index is 0.770. The van der Waals surface area contributed by atoms with Crippen LogP contribution in [-0.4, -0.2) is 41.3 Å². The normalized spacial score (nSPS) is 23.1. The lowest BCUT2D eigenvalue weighted by Gasteiger charge is -2.31. The van der Waals surface area contributed by atoms with Gasteiger partial charge in [-0.15, -0.1) is 0 Å². The smallest absolute Gasteiger partial charge is 0.193 e. The maximum absolute atomic E-state index is 4.39. The van der Waals surface area contributed by atoms with E-state index >= 15 is 0 Å². The van der Waals surface area contributed by atoms with Gasteiger partial charge >= 0.3 is 0 Å². The van der Waals surface area contributed by atoms with Crippen molar-refractivity contribution >= 4 is 5.96 Å². The Bertz CT molecular complexity index is 457. The van der Waals surface area contributed by atoms with E-state index in [2.05, 4.69) is 34.3 Å². The number of nitrogens with zero attached hydrogens (tertiary/aromatic N) is 4.